The highest BCUT2D eigenvalue weighted by Gasteiger charge is 2.35. The smallest absolute Gasteiger partial charge is 0.410 e. The Kier molecular flexibility index (Phi) is 6.45. The lowest BCUT2D eigenvalue weighted by Crippen LogP contribution is -2.35. The molecule has 2 heterocycles. The molecule has 0 spiro atoms. The molecule has 0 saturated carbocycles. The van der Waals surface area contributed by atoms with Crippen molar-refractivity contribution < 1.29 is 14.3 Å². The summed E-state index contributed by atoms with van der Waals surface area (Å²) < 4.78 is 5.12. The fourth-order valence-corrected chi connectivity index (χ4v) is 4.11. The number of aromatic nitrogens is 2. The average molecular weight is 393 g/mol. The SMILES string of the molecule is CCSCCc1nnc(NC(=O)CN2C(=O)OC[C@@H]2c2ccccc2)s1. The minimum atomic E-state index is -0.483. The maximum atomic E-state index is 12.3. The molecule has 138 valence electrons. The first-order valence-corrected chi connectivity index (χ1v) is 10.3. The van der Waals surface area contributed by atoms with E-state index in [0.29, 0.717) is 5.13 Å². The van der Waals surface area contributed by atoms with Gasteiger partial charge in [-0.2, -0.15) is 11.8 Å². The summed E-state index contributed by atoms with van der Waals surface area (Å²) in [7, 11) is 0. The van der Waals surface area contributed by atoms with Crippen molar-refractivity contribution in [2.24, 2.45) is 0 Å². The van der Waals surface area contributed by atoms with E-state index >= 15 is 0 Å². The molecule has 1 aromatic heterocycles. The quantitative estimate of drug-likeness (QED) is 0.695. The molecule has 0 bridgehead atoms. The molecule has 1 aromatic carbocycles. The molecule has 1 saturated heterocycles. The van der Waals surface area contributed by atoms with E-state index in [-0.39, 0.29) is 25.1 Å². The summed E-state index contributed by atoms with van der Waals surface area (Å²) in [6.07, 6.45) is 0.351. The fraction of sp³-hybridized carbons (Fsp3) is 0.412. The minimum Gasteiger partial charge on any atom is -0.447 e. The number of amides is 2. The number of nitrogens with one attached hydrogen (secondary N) is 1. The van der Waals surface area contributed by atoms with Crippen molar-refractivity contribution >= 4 is 40.2 Å². The molecule has 1 atom stereocenters. The number of ether oxygens (including phenoxy) is 1. The summed E-state index contributed by atoms with van der Waals surface area (Å²) in [5.74, 6) is 1.74. The molecular weight excluding hydrogens is 372 g/mol. The van der Waals surface area contributed by atoms with Crippen LogP contribution in [0.2, 0.25) is 0 Å². The van der Waals surface area contributed by atoms with E-state index in [1.807, 2.05) is 42.1 Å². The number of carbonyl (C=O) groups excluding carboxylic acids is 2. The second-order valence-corrected chi connectivity index (χ2v) is 8.08. The third kappa shape index (κ3) is 4.73. The van der Waals surface area contributed by atoms with Crippen LogP contribution in [0.3, 0.4) is 0 Å². The van der Waals surface area contributed by atoms with E-state index in [1.165, 1.54) is 16.2 Å². The van der Waals surface area contributed by atoms with Gasteiger partial charge in [-0.25, -0.2) is 4.79 Å². The normalized spacial score (nSPS) is 16.6. The first kappa shape index (κ1) is 18.7. The Morgan fingerprint density at radius 1 is 1.38 bits per heavy atom. The van der Waals surface area contributed by atoms with Crippen molar-refractivity contribution in [1.29, 1.82) is 0 Å². The summed E-state index contributed by atoms with van der Waals surface area (Å²) in [6.45, 7) is 2.27. The lowest BCUT2D eigenvalue weighted by Gasteiger charge is -2.20. The highest BCUT2D eigenvalue weighted by atomic mass is 32.2. The Morgan fingerprint density at radius 2 is 2.19 bits per heavy atom. The monoisotopic (exact) mass is 392 g/mol. The molecule has 3 rings (SSSR count). The van der Waals surface area contributed by atoms with Crippen LogP contribution in [0.1, 0.15) is 23.5 Å². The lowest BCUT2D eigenvalue weighted by atomic mass is 10.1. The van der Waals surface area contributed by atoms with E-state index in [0.717, 1.165) is 28.5 Å². The van der Waals surface area contributed by atoms with Gasteiger partial charge in [-0.05, 0) is 17.1 Å². The largest absolute Gasteiger partial charge is 0.447 e. The molecule has 1 aliphatic rings. The number of anilines is 1. The Balaban J connectivity index is 1.57. The van der Waals surface area contributed by atoms with E-state index in [2.05, 4.69) is 22.4 Å². The van der Waals surface area contributed by atoms with Crippen LogP contribution in [0.25, 0.3) is 0 Å². The topological polar surface area (TPSA) is 84.4 Å². The zero-order valence-electron chi connectivity index (χ0n) is 14.4. The highest BCUT2D eigenvalue weighted by Crippen LogP contribution is 2.27. The van der Waals surface area contributed by atoms with E-state index in [4.69, 9.17) is 4.74 Å². The van der Waals surface area contributed by atoms with Crippen LogP contribution in [0.5, 0.6) is 0 Å². The van der Waals surface area contributed by atoms with Crippen LogP contribution in [0, 0.1) is 0 Å². The summed E-state index contributed by atoms with van der Waals surface area (Å²) in [5, 5.41) is 12.2. The van der Waals surface area contributed by atoms with Crippen molar-refractivity contribution in [3.05, 3.63) is 40.9 Å². The third-order valence-electron chi connectivity index (χ3n) is 3.85. The maximum absolute atomic E-state index is 12.3. The van der Waals surface area contributed by atoms with Crippen molar-refractivity contribution in [3.8, 4) is 0 Å². The van der Waals surface area contributed by atoms with Crippen molar-refractivity contribution in [3.63, 3.8) is 0 Å². The zero-order valence-corrected chi connectivity index (χ0v) is 16.0. The summed E-state index contributed by atoms with van der Waals surface area (Å²) in [5.41, 5.74) is 0.942. The fourth-order valence-electron chi connectivity index (χ4n) is 2.60. The second-order valence-electron chi connectivity index (χ2n) is 5.63. The maximum Gasteiger partial charge on any atom is 0.410 e. The van der Waals surface area contributed by atoms with Gasteiger partial charge in [-0.15, -0.1) is 10.2 Å². The predicted molar refractivity (Wildman–Crippen MR) is 102 cm³/mol. The third-order valence-corrected chi connectivity index (χ3v) is 5.65. The molecule has 2 aromatic rings. The zero-order chi connectivity index (χ0) is 18.4. The van der Waals surface area contributed by atoms with Crippen LogP contribution in [-0.4, -0.2) is 51.8 Å². The van der Waals surface area contributed by atoms with E-state index in [1.54, 1.807) is 0 Å². The Bertz CT molecular complexity index is 753. The molecule has 0 radical (unpaired) electrons. The summed E-state index contributed by atoms with van der Waals surface area (Å²) in [6, 6.07) is 9.28. The van der Waals surface area contributed by atoms with E-state index in [9.17, 15) is 9.59 Å². The highest BCUT2D eigenvalue weighted by molar-refractivity contribution is 7.99. The number of carbonyl (C=O) groups is 2. The number of hydrogen-bond acceptors (Lipinski definition) is 7. The predicted octanol–water partition coefficient (Wildman–Crippen LogP) is 2.97. The number of rotatable bonds is 8. The molecular formula is C17H20N4O3S2. The van der Waals surface area contributed by atoms with Gasteiger partial charge in [-0.3, -0.25) is 15.0 Å². The number of nitrogens with zero attached hydrogens (tertiary/aromatic N) is 3. The van der Waals surface area contributed by atoms with Crippen molar-refractivity contribution in [2.45, 2.75) is 19.4 Å². The second kappa shape index (κ2) is 9.00. The van der Waals surface area contributed by atoms with Crippen LogP contribution < -0.4 is 5.32 Å². The van der Waals surface area contributed by atoms with Gasteiger partial charge in [0.05, 0.1) is 6.04 Å². The molecule has 1 fully saturated rings. The molecule has 1 aliphatic heterocycles. The van der Waals surface area contributed by atoms with Gasteiger partial charge in [0.25, 0.3) is 0 Å². The van der Waals surface area contributed by atoms with Gasteiger partial charge >= 0.3 is 6.09 Å². The number of aryl methyl sites for hydroxylation is 1. The van der Waals surface area contributed by atoms with Gasteiger partial charge in [0.1, 0.15) is 18.2 Å². The van der Waals surface area contributed by atoms with E-state index < -0.39 is 6.09 Å². The molecule has 0 aliphatic carbocycles. The Morgan fingerprint density at radius 3 is 2.96 bits per heavy atom. The van der Waals surface area contributed by atoms with Crippen molar-refractivity contribution in [2.75, 3.05) is 30.0 Å². The van der Waals surface area contributed by atoms with Crippen LogP contribution >= 0.6 is 23.1 Å². The minimum absolute atomic E-state index is 0.0843. The Hall–Kier alpha value is -2.13. The van der Waals surface area contributed by atoms with Crippen LogP contribution in [-0.2, 0) is 16.0 Å². The number of benzene rings is 1. The number of thioether (sulfide) groups is 1. The van der Waals surface area contributed by atoms with Gasteiger partial charge in [-0.1, -0.05) is 48.6 Å². The molecule has 9 heteroatoms. The van der Waals surface area contributed by atoms with Crippen molar-refractivity contribution in [1.82, 2.24) is 15.1 Å². The lowest BCUT2D eigenvalue weighted by molar-refractivity contribution is -0.117. The average Bonchev–Trinajstić information content (AvgIpc) is 3.23. The first-order chi connectivity index (χ1) is 12.7. The van der Waals surface area contributed by atoms with Gasteiger partial charge in [0.15, 0.2) is 0 Å². The molecule has 26 heavy (non-hydrogen) atoms. The van der Waals surface area contributed by atoms with Crippen LogP contribution in [0.4, 0.5) is 9.93 Å². The molecule has 2 amide bonds. The van der Waals surface area contributed by atoms with Gasteiger partial charge in [0.2, 0.25) is 11.0 Å². The Labute approximate surface area is 160 Å². The molecule has 1 N–H and O–H groups in total. The summed E-state index contributed by atoms with van der Waals surface area (Å²) in [4.78, 5) is 25.8. The molecule has 0 unspecified atom stereocenters. The van der Waals surface area contributed by atoms with Crippen LogP contribution in [0.15, 0.2) is 30.3 Å². The van der Waals surface area contributed by atoms with Gasteiger partial charge < -0.3 is 4.74 Å². The summed E-state index contributed by atoms with van der Waals surface area (Å²) >= 11 is 3.20. The first-order valence-electron chi connectivity index (χ1n) is 8.35. The number of hydrogen-bond donors (Lipinski definition) is 1. The number of cyclic esters (lactones) is 1. The standard InChI is InChI=1S/C17H20N4O3S2/c1-2-25-9-8-15-19-20-16(26-15)18-14(22)10-21-13(11-24-17(21)23)12-6-4-3-5-7-12/h3-7,13H,2,8-11H2,1H3,(H,18,20,22)/t13-/m1/s1. The molecule has 7 nitrogen and oxygen atoms in total. The van der Waals surface area contributed by atoms with Gasteiger partial charge in [0, 0.05) is 6.42 Å².